The molecule has 23 heavy (non-hydrogen) atoms. The molecular weight excluding hydrogens is 314 g/mol. The molecule has 122 valence electrons. The maximum atomic E-state index is 11.5. The number of ether oxygens (including phenoxy) is 1. The number of β-amino-alcohol motifs (C(OH)–C–C–N with tert-alkyl or cyclic N) is 1. The lowest BCUT2D eigenvalue weighted by Crippen LogP contribution is -2.35. The van der Waals surface area contributed by atoms with E-state index in [1.54, 1.807) is 12.1 Å². The van der Waals surface area contributed by atoms with Crippen LogP contribution in [0.2, 0.25) is 0 Å². The predicted molar refractivity (Wildman–Crippen MR) is 88.7 cm³/mol. The Morgan fingerprint density at radius 1 is 1.17 bits per heavy atom. The van der Waals surface area contributed by atoms with Crippen molar-refractivity contribution in [3.63, 3.8) is 0 Å². The molecule has 0 saturated carbocycles. The van der Waals surface area contributed by atoms with Gasteiger partial charge in [0, 0.05) is 12.8 Å². The number of para-hydroxylation sites is 2. The van der Waals surface area contributed by atoms with Crippen molar-refractivity contribution in [1.29, 1.82) is 0 Å². The minimum Gasteiger partial charge on any atom is -0.490 e. The summed E-state index contributed by atoms with van der Waals surface area (Å²) in [5.41, 5.74) is 1.66. The predicted octanol–water partition coefficient (Wildman–Crippen LogP) is 2.02. The van der Waals surface area contributed by atoms with E-state index in [2.05, 4.69) is 4.90 Å². The fourth-order valence-corrected chi connectivity index (χ4v) is 3.30. The van der Waals surface area contributed by atoms with E-state index < -0.39 is 15.9 Å². The number of aliphatic hydroxyl groups excluding tert-OH is 1. The highest BCUT2D eigenvalue weighted by atomic mass is 32.2. The molecule has 0 aliphatic carbocycles. The highest BCUT2D eigenvalue weighted by Crippen LogP contribution is 2.32. The van der Waals surface area contributed by atoms with Gasteiger partial charge in [-0.2, -0.15) is 0 Å². The standard InChI is InChI=1S/C17H19NO4S/c1-23(20,21)14-8-6-13(7-9-14)16(19)12-18-10-11-22-17-5-3-2-4-15(17)18/h2-9,16,19H,10-12H2,1H3/t16-/m1/s1. The second kappa shape index (κ2) is 6.22. The molecule has 1 atom stereocenters. The molecule has 0 bridgehead atoms. The van der Waals surface area contributed by atoms with Crippen molar-refractivity contribution < 1.29 is 18.3 Å². The van der Waals surface area contributed by atoms with Crippen LogP contribution in [0.25, 0.3) is 0 Å². The first-order valence-electron chi connectivity index (χ1n) is 7.40. The first-order valence-corrected chi connectivity index (χ1v) is 9.29. The van der Waals surface area contributed by atoms with Crippen molar-refractivity contribution in [2.24, 2.45) is 0 Å². The van der Waals surface area contributed by atoms with E-state index in [0.29, 0.717) is 25.3 Å². The first-order chi connectivity index (χ1) is 10.9. The van der Waals surface area contributed by atoms with Gasteiger partial charge in [0.15, 0.2) is 9.84 Å². The van der Waals surface area contributed by atoms with Gasteiger partial charge in [0.1, 0.15) is 12.4 Å². The van der Waals surface area contributed by atoms with E-state index in [-0.39, 0.29) is 4.90 Å². The summed E-state index contributed by atoms with van der Waals surface area (Å²) in [7, 11) is -3.22. The summed E-state index contributed by atoms with van der Waals surface area (Å²) in [6.07, 6.45) is 0.470. The number of hydrogen-bond acceptors (Lipinski definition) is 5. The molecule has 0 unspecified atom stereocenters. The number of sulfone groups is 1. The Balaban J connectivity index is 1.76. The average Bonchev–Trinajstić information content (AvgIpc) is 2.54. The lowest BCUT2D eigenvalue weighted by molar-refractivity contribution is 0.179. The molecule has 1 aliphatic rings. The van der Waals surface area contributed by atoms with E-state index in [1.165, 1.54) is 18.4 Å². The summed E-state index contributed by atoms with van der Waals surface area (Å²) in [6, 6.07) is 14.1. The Kier molecular flexibility index (Phi) is 4.28. The first kappa shape index (κ1) is 15.8. The Morgan fingerprint density at radius 2 is 1.87 bits per heavy atom. The Bertz CT molecular complexity index is 786. The van der Waals surface area contributed by atoms with Crippen molar-refractivity contribution >= 4 is 15.5 Å². The van der Waals surface area contributed by atoms with Crippen molar-refractivity contribution in [2.45, 2.75) is 11.0 Å². The highest BCUT2D eigenvalue weighted by Gasteiger charge is 2.21. The van der Waals surface area contributed by atoms with Crippen LogP contribution in [0.5, 0.6) is 5.75 Å². The van der Waals surface area contributed by atoms with Crippen LogP contribution in [0.1, 0.15) is 11.7 Å². The third-order valence-electron chi connectivity index (χ3n) is 3.91. The van der Waals surface area contributed by atoms with Gasteiger partial charge in [-0.1, -0.05) is 24.3 Å². The van der Waals surface area contributed by atoms with Gasteiger partial charge < -0.3 is 14.7 Å². The van der Waals surface area contributed by atoms with Gasteiger partial charge in [-0.3, -0.25) is 0 Å². The number of anilines is 1. The molecule has 1 aliphatic heterocycles. The fourth-order valence-electron chi connectivity index (χ4n) is 2.67. The summed E-state index contributed by atoms with van der Waals surface area (Å²) in [4.78, 5) is 2.33. The molecular formula is C17H19NO4S. The second-order valence-electron chi connectivity index (χ2n) is 5.62. The van der Waals surface area contributed by atoms with Crippen LogP contribution in [0.3, 0.4) is 0 Å². The molecule has 1 N–H and O–H groups in total. The van der Waals surface area contributed by atoms with Crippen LogP contribution in [0.15, 0.2) is 53.4 Å². The number of hydrogen-bond donors (Lipinski definition) is 1. The third kappa shape index (κ3) is 3.48. The molecule has 0 spiro atoms. The monoisotopic (exact) mass is 333 g/mol. The lowest BCUT2D eigenvalue weighted by Gasteiger charge is -2.32. The van der Waals surface area contributed by atoms with Gasteiger partial charge in [0.25, 0.3) is 0 Å². The number of aliphatic hydroxyl groups is 1. The summed E-state index contributed by atoms with van der Waals surface area (Å²) < 4.78 is 28.6. The van der Waals surface area contributed by atoms with Gasteiger partial charge in [-0.25, -0.2) is 8.42 Å². The molecule has 0 amide bonds. The number of fused-ring (bicyclic) bond motifs is 1. The van der Waals surface area contributed by atoms with Gasteiger partial charge in [-0.15, -0.1) is 0 Å². The van der Waals surface area contributed by atoms with Gasteiger partial charge in [0.05, 0.1) is 23.2 Å². The molecule has 2 aromatic carbocycles. The minimum atomic E-state index is -3.22. The molecule has 2 aromatic rings. The summed E-state index contributed by atoms with van der Waals surface area (Å²) in [5.74, 6) is 0.818. The van der Waals surface area contributed by atoms with Crippen LogP contribution < -0.4 is 9.64 Å². The Labute approximate surface area is 136 Å². The second-order valence-corrected chi connectivity index (χ2v) is 7.63. The molecule has 5 nitrogen and oxygen atoms in total. The maximum Gasteiger partial charge on any atom is 0.175 e. The normalized spacial score (nSPS) is 15.7. The van der Waals surface area contributed by atoms with Crippen LogP contribution in [-0.2, 0) is 9.84 Å². The number of nitrogens with zero attached hydrogens (tertiary/aromatic N) is 1. The van der Waals surface area contributed by atoms with E-state index >= 15 is 0 Å². The summed E-state index contributed by atoms with van der Waals surface area (Å²) >= 11 is 0. The van der Waals surface area contributed by atoms with Crippen LogP contribution in [0, 0.1) is 0 Å². The van der Waals surface area contributed by atoms with Gasteiger partial charge >= 0.3 is 0 Å². The molecule has 0 aromatic heterocycles. The van der Waals surface area contributed by atoms with Crippen molar-refractivity contribution in [3.05, 3.63) is 54.1 Å². The van der Waals surface area contributed by atoms with Crippen molar-refractivity contribution in [1.82, 2.24) is 0 Å². The zero-order chi connectivity index (χ0) is 16.4. The largest absolute Gasteiger partial charge is 0.490 e. The molecule has 0 saturated heterocycles. The maximum absolute atomic E-state index is 11.5. The molecule has 1 heterocycles. The zero-order valence-electron chi connectivity index (χ0n) is 12.8. The molecule has 6 heteroatoms. The zero-order valence-corrected chi connectivity index (χ0v) is 13.7. The fraction of sp³-hybridized carbons (Fsp3) is 0.294. The van der Waals surface area contributed by atoms with E-state index in [9.17, 15) is 13.5 Å². The average molecular weight is 333 g/mol. The minimum absolute atomic E-state index is 0.255. The van der Waals surface area contributed by atoms with Crippen molar-refractivity contribution in [2.75, 3.05) is 30.9 Å². The topological polar surface area (TPSA) is 66.8 Å². The van der Waals surface area contributed by atoms with E-state index in [1.807, 2.05) is 24.3 Å². The van der Waals surface area contributed by atoms with Gasteiger partial charge in [-0.05, 0) is 29.8 Å². The molecule has 0 radical (unpaired) electrons. The Morgan fingerprint density at radius 3 is 2.57 bits per heavy atom. The van der Waals surface area contributed by atoms with E-state index in [0.717, 1.165) is 11.4 Å². The van der Waals surface area contributed by atoms with E-state index in [4.69, 9.17) is 4.74 Å². The lowest BCUT2D eigenvalue weighted by atomic mass is 10.1. The van der Waals surface area contributed by atoms with Crippen LogP contribution in [0.4, 0.5) is 5.69 Å². The van der Waals surface area contributed by atoms with Crippen LogP contribution in [-0.4, -0.2) is 39.5 Å². The quantitative estimate of drug-likeness (QED) is 0.927. The highest BCUT2D eigenvalue weighted by molar-refractivity contribution is 7.90. The summed E-state index contributed by atoms with van der Waals surface area (Å²) in [6.45, 7) is 1.71. The summed E-state index contributed by atoms with van der Waals surface area (Å²) in [5, 5.41) is 10.5. The molecule has 0 fully saturated rings. The van der Waals surface area contributed by atoms with Crippen molar-refractivity contribution in [3.8, 4) is 5.75 Å². The SMILES string of the molecule is CS(=O)(=O)c1ccc([C@H](O)CN2CCOc3ccccc32)cc1. The van der Waals surface area contributed by atoms with Crippen LogP contribution >= 0.6 is 0 Å². The number of rotatable bonds is 4. The molecule has 3 rings (SSSR count). The smallest absolute Gasteiger partial charge is 0.175 e. The third-order valence-corrected chi connectivity index (χ3v) is 5.04. The Hall–Kier alpha value is -2.05. The van der Waals surface area contributed by atoms with Gasteiger partial charge in [0.2, 0.25) is 0 Å². The number of benzene rings is 2.